The fourth-order valence-electron chi connectivity index (χ4n) is 3.79. The Morgan fingerprint density at radius 2 is 1.55 bits per heavy atom. The van der Waals surface area contributed by atoms with Gasteiger partial charge in [-0.25, -0.2) is 8.42 Å². The number of halogens is 4. The predicted molar refractivity (Wildman–Crippen MR) is 129 cm³/mol. The van der Waals surface area contributed by atoms with Crippen molar-refractivity contribution in [2.45, 2.75) is 30.0 Å². The van der Waals surface area contributed by atoms with Crippen molar-refractivity contribution in [2.24, 2.45) is 0 Å². The summed E-state index contributed by atoms with van der Waals surface area (Å²) in [5.41, 5.74) is 0.247. The van der Waals surface area contributed by atoms with Gasteiger partial charge >= 0.3 is 6.18 Å². The lowest BCUT2D eigenvalue weighted by molar-refractivity contribution is -0.137. The standard InChI is InChI=1S/C25H20F3IO3S/c1-17-7-13-21(14-8-17)33(30,31)22-15-24(16-29,19-5-3-2-4-6-19)32-23(22)18-9-11-20(12-10-18)25(26,27)28/h2-14H,15-16H2,1H3. The molecule has 1 atom stereocenters. The Morgan fingerprint density at radius 3 is 2.09 bits per heavy atom. The van der Waals surface area contributed by atoms with Gasteiger partial charge in [-0.2, -0.15) is 13.2 Å². The highest BCUT2D eigenvalue weighted by Gasteiger charge is 2.46. The number of rotatable bonds is 5. The second kappa shape index (κ2) is 8.79. The molecule has 3 nitrogen and oxygen atoms in total. The van der Waals surface area contributed by atoms with Gasteiger partial charge < -0.3 is 4.74 Å². The third-order valence-corrected chi connectivity index (χ3v) is 8.75. The number of hydrogen-bond donors (Lipinski definition) is 0. The van der Waals surface area contributed by atoms with E-state index in [1.165, 1.54) is 24.3 Å². The predicted octanol–water partition coefficient (Wildman–Crippen LogP) is 6.91. The minimum atomic E-state index is -4.49. The molecule has 0 aliphatic carbocycles. The van der Waals surface area contributed by atoms with Gasteiger partial charge in [-0.3, -0.25) is 0 Å². The molecule has 172 valence electrons. The van der Waals surface area contributed by atoms with Crippen molar-refractivity contribution in [3.63, 3.8) is 0 Å². The lowest BCUT2D eigenvalue weighted by atomic mass is 9.93. The fraction of sp³-hybridized carbons (Fsp3) is 0.200. The highest BCUT2D eigenvalue weighted by molar-refractivity contribution is 14.1. The molecule has 0 bridgehead atoms. The van der Waals surface area contributed by atoms with E-state index in [1.807, 2.05) is 37.3 Å². The zero-order valence-corrected chi connectivity index (χ0v) is 20.5. The smallest absolute Gasteiger partial charge is 0.416 e. The molecule has 0 spiro atoms. The molecule has 1 aliphatic heterocycles. The van der Waals surface area contributed by atoms with Crippen LogP contribution in [0.1, 0.15) is 28.7 Å². The summed E-state index contributed by atoms with van der Waals surface area (Å²) in [5, 5.41) is 0. The maximum absolute atomic E-state index is 13.7. The Balaban J connectivity index is 1.87. The van der Waals surface area contributed by atoms with Gasteiger partial charge in [-0.05, 0) is 36.8 Å². The van der Waals surface area contributed by atoms with E-state index in [2.05, 4.69) is 22.6 Å². The summed E-state index contributed by atoms with van der Waals surface area (Å²) in [6, 6.07) is 20.2. The highest BCUT2D eigenvalue weighted by Crippen LogP contribution is 2.49. The maximum Gasteiger partial charge on any atom is 0.416 e. The van der Waals surface area contributed by atoms with Crippen molar-refractivity contribution in [1.82, 2.24) is 0 Å². The number of ether oxygens (including phenoxy) is 1. The molecule has 8 heteroatoms. The molecule has 3 aromatic rings. The third kappa shape index (κ3) is 4.55. The van der Waals surface area contributed by atoms with E-state index >= 15 is 0 Å². The fourth-order valence-corrected chi connectivity index (χ4v) is 6.26. The minimum absolute atomic E-state index is 0.0617. The molecule has 0 N–H and O–H groups in total. The van der Waals surface area contributed by atoms with Crippen LogP contribution in [0.2, 0.25) is 0 Å². The van der Waals surface area contributed by atoms with Crippen LogP contribution in [0, 0.1) is 6.92 Å². The molecule has 0 radical (unpaired) electrons. The van der Waals surface area contributed by atoms with Crippen LogP contribution in [0.5, 0.6) is 0 Å². The molecular weight excluding hydrogens is 564 g/mol. The van der Waals surface area contributed by atoms with Gasteiger partial charge in [0, 0.05) is 16.4 Å². The van der Waals surface area contributed by atoms with Crippen LogP contribution in [-0.4, -0.2) is 12.8 Å². The molecule has 0 fully saturated rings. The molecule has 0 saturated heterocycles. The molecule has 3 aromatic carbocycles. The van der Waals surface area contributed by atoms with Crippen molar-refractivity contribution in [1.29, 1.82) is 0 Å². The molecule has 1 aliphatic rings. The summed E-state index contributed by atoms with van der Waals surface area (Å²) in [5.74, 6) is 0.0878. The zero-order valence-electron chi connectivity index (χ0n) is 17.6. The van der Waals surface area contributed by atoms with E-state index in [4.69, 9.17) is 4.74 Å². The maximum atomic E-state index is 13.7. The summed E-state index contributed by atoms with van der Waals surface area (Å²) in [4.78, 5) is 0.181. The van der Waals surface area contributed by atoms with Crippen LogP contribution in [0.4, 0.5) is 13.2 Å². The molecular formula is C25H20F3IO3S. The normalized spacial score (nSPS) is 18.9. The summed E-state index contributed by atoms with van der Waals surface area (Å²) in [6.07, 6.45) is -4.41. The van der Waals surface area contributed by atoms with Crippen LogP contribution in [0.15, 0.2) is 88.7 Å². The first-order valence-electron chi connectivity index (χ1n) is 10.1. The van der Waals surface area contributed by atoms with E-state index in [9.17, 15) is 21.6 Å². The molecule has 4 rings (SSSR count). The number of alkyl halides is 4. The van der Waals surface area contributed by atoms with Crippen molar-refractivity contribution >= 4 is 38.2 Å². The average Bonchev–Trinajstić information content (AvgIpc) is 3.22. The topological polar surface area (TPSA) is 43.4 Å². The second-order valence-corrected chi connectivity index (χ2v) is 10.7. The van der Waals surface area contributed by atoms with E-state index < -0.39 is 27.2 Å². The third-order valence-electron chi connectivity index (χ3n) is 5.64. The van der Waals surface area contributed by atoms with Crippen LogP contribution in [-0.2, 0) is 26.4 Å². The molecule has 0 saturated carbocycles. The van der Waals surface area contributed by atoms with Crippen LogP contribution >= 0.6 is 22.6 Å². The van der Waals surface area contributed by atoms with Gasteiger partial charge in [0.25, 0.3) is 0 Å². The molecule has 1 unspecified atom stereocenters. The lowest BCUT2D eigenvalue weighted by Gasteiger charge is -2.28. The number of sulfone groups is 1. The van der Waals surface area contributed by atoms with Gasteiger partial charge in [0.2, 0.25) is 9.84 Å². The Labute approximate surface area is 204 Å². The van der Waals surface area contributed by atoms with E-state index in [0.29, 0.717) is 4.43 Å². The average molecular weight is 584 g/mol. The van der Waals surface area contributed by atoms with E-state index in [-0.39, 0.29) is 27.5 Å². The van der Waals surface area contributed by atoms with Gasteiger partial charge in [-0.15, -0.1) is 0 Å². The van der Waals surface area contributed by atoms with E-state index in [0.717, 1.165) is 23.3 Å². The van der Waals surface area contributed by atoms with Crippen molar-refractivity contribution in [2.75, 3.05) is 4.43 Å². The van der Waals surface area contributed by atoms with Crippen LogP contribution in [0.25, 0.3) is 5.76 Å². The second-order valence-electron chi connectivity index (χ2n) is 7.92. The van der Waals surface area contributed by atoms with Gasteiger partial charge in [0.05, 0.1) is 15.4 Å². The first kappa shape index (κ1) is 23.8. The van der Waals surface area contributed by atoms with Crippen molar-refractivity contribution in [3.8, 4) is 0 Å². The number of aryl methyl sites for hydroxylation is 1. The Hall–Kier alpha value is -2.33. The Kier molecular flexibility index (Phi) is 6.34. The van der Waals surface area contributed by atoms with E-state index in [1.54, 1.807) is 12.1 Å². The monoisotopic (exact) mass is 584 g/mol. The molecule has 0 aromatic heterocycles. The van der Waals surface area contributed by atoms with Crippen molar-refractivity contribution < 1.29 is 26.3 Å². The van der Waals surface area contributed by atoms with Crippen molar-refractivity contribution in [3.05, 3.63) is 106 Å². The van der Waals surface area contributed by atoms with Crippen LogP contribution in [0.3, 0.4) is 0 Å². The van der Waals surface area contributed by atoms with Crippen LogP contribution < -0.4 is 0 Å². The molecule has 0 amide bonds. The first-order chi connectivity index (χ1) is 15.6. The number of hydrogen-bond acceptors (Lipinski definition) is 3. The zero-order chi connectivity index (χ0) is 23.9. The SMILES string of the molecule is Cc1ccc(S(=O)(=O)C2=C(c3ccc(C(F)(F)F)cc3)OC(CI)(c3ccccc3)C2)cc1. The summed E-state index contributed by atoms with van der Waals surface area (Å²) in [6.45, 7) is 1.86. The van der Waals surface area contributed by atoms with Gasteiger partial charge in [0.15, 0.2) is 0 Å². The highest BCUT2D eigenvalue weighted by atomic mass is 127. The molecule has 1 heterocycles. The van der Waals surface area contributed by atoms with Gasteiger partial charge in [0.1, 0.15) is 11.4 Å². The first-order valence-corrected chi connectivity index (χ1v) is 13.1. The largest absolute Gasteiger partial charge is 0.480 e. The quantitative estimate of drug-likeness (QED) is 0.242. The number of benzene rings is 3. The lowest BCUT2D eigenvalue weighted by Crippen LogP contribution is -2.28. The summed E-state index contributed by atoms with van der Waals surface area (Å²) < 4.78 is 73.4. The Morgan fingerprint density at radius 1 is 0.939 bits per heavy atom. The van der Waals surface area contributed by atoms with Gasteiger partial charge in [-0.1, -0.05) is 82.8 Å². The minimum Gasteiger partial charge on any atom is -0.480 e. The summed E-state index contributed by atoms with van der Waals surface area (Å²) in [7, 11) is -3.95. The Bertz CT molecular complexity index is 1280. The summed E-state index contributed by atoms with van der Waals surface area (Å²) >= 11 is 2.15. The molecule has 33 heavy (non-hydrogen) atoms.